The largest absolute Gasteiger partial charge is 0.508 e. The Balaban J connectivity index is 1.57. The molecule has 0 bridgehead atoms. The lowest BCUT2D eigenvalue weighted by molar-refractivity contribution is -0.00818. The van der Waals surface area contributed by atoms with Gasteiger partial charge in [0.2, 0.25) is 0 Å². The summed E-state index contributed by atoms with van der Waals surface area (Å²) in [6, 6.07) is 7.97. The second-order valence-electron chi connectivity index (χ2n) is 7.13. The fourth-order valence-corrected chi connectivity index (χ4v) is 4.74. The van der Waals surface area contributed by atoms with E-state index in [9.17, 15) is 5.11 Å². The number of rotatable bonds is 1. The first-order valence-corrected chi connectivity index (χ1v) is 8.54. The van der Waals surface area contributed by atoms with Gasteiger partial charge in [-0.05, 0) is 62.4 Å². The van der Waals surface area contributed by atoms with Crippen LogP contribution in [0.3, 0.4) is 0 Å². The minimum absolute atomic E-state index is 0.416. The highest BCUT2D eigenvalue weighted by Crippen LogP contribution is 2.40. The number of phenols is 1. The van der Waals surface area contributed by atoms with Gasteiger partial charge in [-0.25, -0.2) is 0 Å². The maximum absolute atomic E-state index is 9.68. The van der Waals surface area contributed by atoms with Gasteiger partial charge in [-0.3, -0.25) is 9.80 Å². The van der Waals surface area contributed by atoms with E-state index in [1.165, 1.54) is 56.4 Å². The van der Waals surface area contributed by atoms with E-state index in [0.29, 0.717) is 17.8 Å². The van der Waals surface area contributed by atoms with Crippen molar-refractivity contribution in [3.05, 3.63) is 29.3 Å². The molecular weight excluding hydrogens is 260 g/mol. The summed E-state index contributed by atoms with van der Waals surface area (Å²) in [6.07, 6.45) is 6.49. The Kier molecular flexibility index (Phi) is 3.43. The Morgan fingerprint density at radius 3 is 2.95 bits per heavy atom. The maximum Gasteiger partial charge on any atom is 0.115 e. The molecule has 0 amide bonds. The van der Waals surface area contributed by atoms with Gasteiger partial charge in [0, 0.05) is 31.2 Å². The quantitative estimate of drug-likeness (QED) is 0.860. The van der Waals surface area contributed by atoms with Gasteiger partial charge in [0.25, 0.3) is 0 Å². The van der Waals surface area contributed by atoms with E-state index < -0.39 is 0 Å². The van der Waals surface area contributed by atoms with Gasteiger partial charge >= 0.3 is 0 Å². The number of hydrogen-bond acceptors (Lipinski definition) is 3. The van der Waals surface area contributed by atoms with Crippen molar-refractivity contribution in [3.8, 4) is 5.75 Å². The SMILES string of the molecule is CC1CN2CCCCC2CN1C1CCc2cc(O)ccc21. The monoisotopic (exact) mass is 286 g/mol. The standard InChI is InChI=1S/C18H26N2O/c1-13-11-19-9-3-2-4-15(19)12-20(13)18-8-5-14-10-16(21)6-7-17(14)18/h6-7,10,13,15,18,21H,2-5,8-9,11-12H2,1H3. The van der Waals surface area contributed by atoms with Crippen molar-refractivity contribution >= 4 is 0 Å². The summed E-state index contributed by atoms with van der Waals surface area (Å²) in [6.45, 7) is 6.15. The number of aromatic hydroxyl groups is 1. The molecule has 3 nitrogen and oxygen atoms in total. The minimum atomic E-state index is 0.416. The minimum Gasteiger partial charge on any atom is -0.508 e. The maximum atomic E-state index is 9.68. The van der Waals surface area contributed by atoms with E-state index in [0.717, 1.165) is 12.5 Å². The number of benzene rings is 1. The summed E-state index contributed by atoms with van der Waals surface area (Å²) in [4.78, 5) is 5.46. The van der Waals surface area contributed by atoms with Crippen LogP contribution in [0.15, 0.2) is 18.2 Å². The molecular formula is C18H26N2O. The molecule has 0 radical (unpaired) electrons. The molecule has 0 aromatic heterocycles. The third kappa shape index (κ3) is 2.36. The molecule has 3 atom stereocenters. The smallest absolute Gasteiger partial charge is 0.115 e. The lowest BCUT2D eigenvalue weighted by Gasteiger charge is -2.49. The van der Waals surface area contributed by atoms with Gasteiger partial charge in [-0.15, -0.1) is 0 Å². The van der Waals surface area contributed by atoms with Crippen LogP contribution in [0.2, 0.25) is 0 Å². The van der Waals surface area contributed by atoms with Crippen molar-refractivity contribution < 1.29 is 5.11 Å². The van der Waals surface area contributed by atoms with Crippen molar-refractivity contribution in [1.29, 1.82) is 0 Å². The van der Waals surface area contributed by atoms with Crippen LogP contribution in [0, 0.1) is 0 Å². The topological polar surface area (TPSA) is 26.7 Å². The molecule has 1 aliphatic carbocycles. The first kappa shape index (κ1) is 13.6. The third-order valence-corrected chi connectivity index (χ3v) is 5.81. The van der Waals surface area contributed by atoms with Crippen LogP contribution < -0.4 is 0 Å². The summed E-state index contributed by atoms with van der Waals surface area (Å²) in [7, 11) is 0. The Morgan fingerprint density at radius 2 is 2.05 bits per heavy atom. The van der Waals surface area contributed by atoms with Crippen LogP contribution in [0.25, 0.3) is 0 Å². The zero-order chi connectivity index (χ0) is 14.4. The van der Waals surface area contributed by atoms with Crippen molar-refractivity contribution in [2.45, 2.75) is 57.2 Å². The van der Waals surface area contributed by atoms with Crippen LogP contribution in [0.1, 0.15) is 49.8 Å². The number of nitrogens with zero attached hydrogens (tertiary/aromatic N) is 2. The molecule has 2 fully saturated rings. The highest BCUT2D eigenvalue weighted by Gasteiger charge is 2.38. The van der Waals surface area contributed by atoms with Crippen LogP contribution in [0.4, 0.5) is 0 Å². The van der Waals surface area contributed by atoms with Gasteiger partial charge in [0.15, 0.2) is 0 Å². The van der Waals surface area contributed by atoms with Crippen LogP contribution >= 0.6 is 0 Å². The third-order valence-electron chi connectivity index (χ3n) is 5.81. The molecule has 114 valence electrons. The van der Waals surface area contributed by atoms with Gasteiger partial charge in [-0.1, -0.05) is 12.5 Å². The van der Waals surface area contributed by atoms with Crippen molar-refractivity contribution in [2.75, 3.05) is 19.6 Å². The molecule has 2 heterocycles. The second-order valence-corrected chi connectivity index (χ2v) is 7.13. The molecule has 0 spiro atoms. The lowest BCUT2D eigenvalue weighted by atomic mass is 9.94. The Hall–Kier alpha value is -1.06. The lowest BCUT2D eigenvalue weighted by Crippen LogP contribution is -2.59. The summed E-state index contributed by atoms with van der Waals surface area (Å²) >= 11 is 0. The highest BCUT2D eigenvalue weighted by atomic mass is 16.3. The normalized spacial score (nSPS) is 33.7. The first-order valence-electron chi connectivity index (χ1n) is 8.54. The van der Waals surface area contributed by atoms with Crippen molar-refractivity contribution in [1.82, 2.24) is 9.80 Å². The molecule has 3 heteroatoms. The fourth-order valence-electron chi connectivity index (χ4n) is 4.74. The molecule has 1 aromatic carbocycles. The number of hydrogen-bond donors (Lipinski definition) is 1. The Labute approximate surface area is 127 Å². The number of piperidine rings is 1. The second kappa shape index (κ2) is 5.29. The molecule has 0 saturated carbocycles. The van der Waals surface area contributed by atoms with E-state index >= 15 is 0 Å². The van der Waals surface area contributed by atoms with E-state index in [2.05, 4.69) is 22.8 Å². The predicted octanol–water partition coefficient (Wildman–Crippen LogP) is 2.94. The zero-order valence-corrected chi connectivity index (χ0v) is 13.0. The van der Waals surface area contributed by atoms with E-state index in [4.69, 9.17) is 0 Å². The molecule has 3 aliphatic rings. The summed E-state index contributed by atoms with van der Waals surface area (Å²) in [5.41, 5.74) is 2.82. The Morgan fingerprint density at radius 1 is 1.14 bits per heavy atom. The van der Waals surface area contributed by atoms with Crippen molar-refractivity contribution in [2.24, 2.45) is 0 Å². The molecule has 4 rings (SSSR count). The molecule has 1 aromatic rings. The van der Waals surface area contributed by atoms with Gasteiger partial charge in [-0.2, -0.15) is 0 Å². The molecule has 2 saturated heterocycles. The fraction of sp³-hybridized carbons (Fsp3) is 0.667. The number of piperazine rings is 1. The number of fused-ring (bicyclic) bond motifs is 2. The molecule has 3 unspecified atom stereocenters. The van der Waals surface area contributed by atoms with Crippen LogP contribution in [-0.4, -0.2) is 46.6 Å². The Bertz CT molecular complexity index is 530. The van der Waals surface area contributed by atoms with Crippen LogP contribution in [-0.2, 0) is 6.42 Å². The van der Waals surface area contributed by atoms with Crippen LogP contribution in [0.5, 0.6) is 5.75 Å². The van der Waals surface area contributed by atoms with Gasteiger partial charge in [0.1, 0.15) is 5.75 Å². The predicted molar refractivity (Wildman–Crippen MR) is 84.5 cm³/mol. The molecule has 1 N–H and O–H groups in total. The van der Waals surface area contributed by atoms with Gasteiger partial charge in [0.05, 0.1) is 0 Å². The van der Waals surface area contributed by atoms with E-state index in [-0.39, 0.29) is 0 Å². The average Bonchev–Trinajstić information content (AvgIpc) is 2.89. The molecule has 21 heavy (non-hydrogen) atoms. The van der Waals surface area contributed by atoms with Gasteiger partial charge < -0.3 is 5.11 Å². The summed E-state index contributed by atoms with van der Waals surface area (Å²) in [5, 5.41) is 9.68. The first-order chi connectivity index (χ1) is 10.2. The van der Waals surface area contributed by atoms with Crippen molar-refractivity contribution in [3.63, 3.8) is 0 Å². The summed E-state index contributed by atoms with van der Waals surface area (Å²) < 4.78 is 0. The number of aryl methyl sites for hydroxylation is 1. The average molecular weight is 286 g/mol. The van der Waals surface area contributed by atoms with E-state index in [1.807, 2.05) is 12.1 Å². The van der Waals surface area contributed by atoms with E-state index in [1.54, 1.807) is 0 Å². The highest BCUT2D eigenvalue weighted by molar-refractivity contribution is 5.40. The zero-order valence-electron chi connectivity index (χ0n) is 13.0. The molecule has 2 aliphatic heterocycles. The summed E-state index contributed by atoms with van der Waals surface area (Å²) in [5.74, 6) is 0.416. The number of phenolic OH excluding ortho intramolecular Hbond substituents is 1.